The van der Waals surface area contributed by atoms with Crippen LogP contribution >= 0.6 is 0 Å². The topological polar surface area (TPSA) is 37.6 Å². The van der Waals surface area contributed by atoms with E-state index in [0.717, 1.165) is 45.0 Å². The minimum atomic E-state index is 0.672. The molecule has 0 spiro atoms. The summed E-state index contributed by atoms with van der Waals surface area (Å²) < 4.78 is 11.0. The SMILES string of the molecule is CCCNCc1ccoc1CN1CCCC(COC)C1. The van der Waals surface area contributed by atoms with E-state index in [-0.39, 0.29) is 0 Å². The van der Waals surface area contributed by atoms with Crippen molar-refractivity contribution in [2.45, 2.75) is 39.3 Å². The van der Waals surface area contributed by atoms with Crippen molar-refractivity contribution in [1.29, 1.82) is 0 Å². The van der Waals surface area contributed by atoms with Gasteiger partial charge < -0.3 is 14.5 Å². The van der Waals surface area contributed by atoms with E-state index in [2.05, 4.69) is 23.2 Å². The zero-order valence-electron chi connectivity index (χ0n) is 12.9. The van der Waals surface area contributed by atoms with Gasteiger partial charge in [-0.1, -0.05) is 6.92 Å². The third-order valence-corrected chi connectivity index (χ3v) is 3.95. The molecule has 1 aliphatic heterocycles. The van der Waals surface area contributed by atoms with Crippen LogP contribution in [0.5, 0.6) is 0 Å². The molecule has 4 nitrogen and oxygen atoms in total. The number of nitrogens with zero attached hydrogens (tertiary/aromatic N) is 1. The lowest BCUT2D eigenvalue weighted by atomic mass is 9.99. The Balaban J connectivity index is 1.84. The van der Waals surface area contributed by atoms with Gasteiger partial charge in [-0.2, -0.15) is 0 Å². The van der Waals surface area contributed by atoms with Crippen molar-refractivity contribution >= 4 is 0 Å². The largest absolute Gasteiger partial charge is 0.468 e. The van der Waals surface area contributed by atoms with Crippen LogP contribution in [0.3, 0.4) is 0 Å². The second-order valence-electron chi connectivity index (χ2n) is 5.74. The van der Waals surface area contributed by atoms with Gasteiger partial charge in [0, 0.05) is 25.8 Å². The predicted molar refractivity (Wildman–Crippen MR) is 80.6 cm³/mol. The van der Waals surface area contributed by atoms with E-state index in [1.165, 1.54) is 24.9 Å². The Morgan fingerprint density at radius 1 is 1.50 bits per heavy atom. The molecule has 1 aliphatic rings. The normalized spacial score (nSPS) is 20.4. The Labute approximate surface area is 122 Å². The number of methoxy groups -OCH3 is 1. The third-order valence-electron chi connectivity index (χ3n) is 3.95. The molecule has 114 valence electrons. The fourth-order valence-corrected chi connectivity index (χ4v) is 2.93. The van der Waals surface area contributed by atoms with Crippen molar-refractivity contribution in [3.63, 3.8) is 0 Å². The summed E-state index contributed by atoms with van der Waals surface area (Å²) in [6.07, 6.45) is 5.53. The number of furan rings is 1. The van der Waals surface area contributed by atoms with E-state index < -0.39 is 0 Å². The first-order chi connectivity index (χ1) is 9.83. The predicted octanol–water partition coefficient (Wildman–Crippen LogP) is 2.64. The molecule has 0 bridgehead atoms. The standard InChI is InChI=1S/C16H28N2O2/c1-3-7-17-10-15-6-9-20-16(15)12-18-8-4-5-14(11-18)13-19-2/h6,9,14,17H,3-5,7-8,10-13H2,1-2H3. The van der Waals surface area contributed by atoms with E-state index in [0.29, 0.717) is 5.92 Å². The molecule has 0 aromatic carbocycles. The number of hydrogen-bond acceptors (Lipinski definition) is 4. The molecule has 2 heterocycles. The smallest absolute Gasteiger partial charge is 0.122 e. The maximum Gasteiger partial charge on any atom is 0.122 e. The van der Waals surface area contributed by atoms with Gasteiger partial charge in [-0.25, -0.2) is 0 Å². The van der Waals surface area contributed by atoms with Crippen molar-refractivity contribution in [2.75, 3.05) is 33.4 Å². The number of rotatable bonds is 8. The van der Waals surface area contributed by atoms with E-state index >= 15 is 0 Å². The minimum Gasteiger partial charge on any atom is -0.468 e. The summed E-state index contributed by atoms with van der Waals surface area (Å²) in [4.78, 5) is 2.50. The monoisotopic (exact) mass is 280 g/mol. The van der Waals surface area contributed by atoms with Crippen molar-refractivity contribution in [1.82, 2.24) is 10.2 Å². The molecule has 1 atom stereocenters. The van der Waals surface area contributed by atoms with E-state index in [4.69, 9.17) is 9.15 Å². The lowest BCUT2D eigenvalue weighted by molar-refractivity contribution is 0.0838. The lowest BCUT2D eigenvalue weighted by Gasteiger charge is -2.31. The molecule has 0 saturated carbocycles. The van der Waals surface area contributed by atoms with Crippen LogP contribution in [0.4, 0.5) is 0 Å². The van der Waals surface area contributed by atoms with Crippen molar-refractivity contribution in [3.8, 4) is 0 Å². The van der Waals surface area contributed by atoms with Gasteiger partial charge in [0.05, 0.1) is 19.4 Å². The number of ether oxygens (including phenoxy) is 1. The fraction of sp³-hybridized carbons (Fsp3) is 0.750. The molecular formula is C16H28N2O2. The van der Waals surface area contributed by atoms with Crippen LogP contribution in [0, 0.1) is 5.92 Å². The summed E-state index contributed by atoms with van der Waals surface area (Å²) in [5, 5.41) is 3.45. The number of nitrogens with one attached hydrogen (secondary N) is 1. The first-order valence-electron chi connectivity index (χ1n) is 7.80. The van der Waals surface area contributed by atoms with Crippen molar-refractivity contribution < 1.29 is 9.15 Å². The van der Waals surface area contributed by atoms with Crippen molar-refractivity contribution in [2.24, 2.45) is 5.92 Å². The molecule has 0 radical (unpaired) electrons. The molecule has 20 heavy (non-hydrogen) atoms. The van der Waals surface area contributed by atoms with Crippen LogP contribution in [0.2, 0.25) is 0 Å². The second kappa shape index (κ2) is 8.45. The number of piperidine rings is 1. The van der Waals surface area contributed by atoms with Gasteiger partial charge in [0.2, 0.25) is 0 Å². The molecule has 1 aromatic heterocycles. The van der Waals surface area contributed by atoms with E-state index in [1.807, 2.05) is 6.26 Å². The van der Waals surface area contributed by atoms with Gasteiger partial charge in [0.25, 0.3) is 0 Å². The lowest BCUT2D eigenvalue weighted by Crippen LogP contribution is -2.36. The van der Waals surface area contributed by atoms with Crippen LogP contribution < -0.4 is 5.32 Å². The van der Waals surface area contributed by atoms with E-state index in [9.17, 15) is 0 Å². The summed E-state index contributed by atoms with van der Waals surface area (Å²) in [6.45, 7) is 8.25. The number of hydrogen-bond donors (Lipinski definition) is 1. The second-order valence-corrected chi connectivity index (χ2v) is 5.74. The molecule has 1 aromatic rings. The maximum absolute atomic E-state index is 5.68. The van der Waals surface area contributed by atoms with Gasteiger partial charge in [-0.05, 0) is 44.3 Å². The molecule has 4 heteroatoms. The Bertz CT molecular complexity index is 376. The van der Waals surface area contributed by atoms with Gasteiger partial charge in [-0.15, -0.1) is 0 Å². The molecule has 2 rings (SSSR count). The Hall–Kier alpha value is -0.840. The van der Waals surface area contributed by atoms with Gasteiger partial charge >= 0.3 is 0 Å². The molecular weight excluding hydrogens is 252 g/mol. The summed E-state index contributed by atoms with van der Waals surface area (Å²) in [5.41, 5.74) is 1.30. The molecule has 1 N–H and O–H groups in total. The third kappa shape index (κ3) is 4.62. The quantitative estimate of drug-likeness (QED) is 0.743. The van der Waals surface area contributed by atoms with E-state index in [1.54, 1.807) is 7.11 Å². The highest BCUT2D eigenvalue weighted by Gasteiger charge is 2.21. The van der Waals surface area contributed by atoms with Crippen molar-refractivity contribution in [3.05, 3.63) is 23.7 Å². The van der Waals surface area contributed by atoms with Crippen LogP contribution in [0.1, 0.15) is 37.5 Å². The summed E-state index contributed by atoms with van der Waals surface area (Å²) >= 11 is 0. The van der Waals surface area contributed by atoms with Gasteiger partial charge in [-0.3, -0.25) is 4.90 Å². The minimum absolute atomic E-state index is 0.672. The zero-order chi connectivity index (χ0) is 14.2. The molecule has 1 fully saturated rings. The summed E-state index contributed by atoms with van der Waals surface area (Å²) in [6, 6.07) is 2.09. The highest BCUT2D eigenvalue weighted by atomic mass is 16.5. The first-order valence-corrected chi connectivity index (χ1v) is 7.80. The zero-order valence-corrected chi connectivity index (χ0v) is 12.9. The van der Waals surface area contributed by atoms with Crippen LogP contribution in [0.15, 0.2) is 16.7 Å². The Morgan fingerprint density at radius 3 is 3.20 bits per heavy atom. The number of likely N-dealkylation sites (tertiary alicyclic amines) is 1. The van der Waals surface area contributed by atoms with Gasteiger partial charge in [0.15, 0.2) is 0 Å². The summed E-state index contributed by atoms with van der Waals surface area (Å²) in [5.74, 6) is 1.79. The Kier molecular flexibility index (Phi) is 6.57. The first kappa shape index (κ1) is 15.5. The average Bonchev–Trinajstić information content (AvgIpc) is 2.87. The van der Waals surface area contributed by atoms with Crippen LogP contribution in [-0.2, 0) is 17.8 Å². The van der Waals surface area contributed by atoms with Crippen LogP contribution in [0.25, 0.3) is 0 Å². The highest BCUT2D eigenvalue weighted by Crippen LogP contribution is 2.20. The molecule has 0 aliphatic carbocycles. The summed E-state index contributed by atoms with van der Waals surface area (Å²) in [7, 11) is 1.79. The molecule has 1 unspecified atom stereocenters. The molecule has 1 saturated heterocycles. The maximum atomic E-state index is 5.68. The van der Waals surface area contributed by atoms with Crippen LogP contribution in [-0.4, -0.2) is 38.3 Å². The van der Waals surface area contributed by atoms with Gasteiger partial charge in [0.1, 0.15) is 5.76 Å². The molecule has 0 amide bonds. The Morgan fingerprint density at radius 2 is 2.40 bits per heavy atom. The average molecular weight is 280 g/mol. The fourth-order valence-electron chi connectivity index (χ4n) is 2.93. The highest BCUT2D eigenvalue weighted by molar-refractivity contribution is 5.16.